The summed E-state index contributed by atoms with van der Waals surface area (Å²) in [4.78, 5) is 26.5. The molecular formula is C16H21ClN2O2S. The van der Waals surface area contributed by atoms with Crippen molar-refractivity contribution in [1.82, 2.24) is 4.90 Å². The number of primary amides is 1. The van der Waals surface area contributed by atoms with E-state index in [1.165, 1.54) is 0 Å². The lowest BCUT2D eigenvalue weighted by molar-refractivity contribution is -0.141. The van der Waals surface area contributed by atoms with Crippen LogP contribution in [0.3, 0.4) is 0 Å². The van der Waals surface area contributed by atoms with E-state index in [9.17, 15) is 9.59 Å². The third-order valence-electron chi connectivity index (χ3n) is 3.77. The van der Waals surface area contributed by atoms with Crippen molar-refractivity contribution in [1.29, 1.82) is 0 Å². The molecule has 2 rings (SSSR count). The van der Waals surface area contributed by atoms with Gasteiger partial charge in [0.2, 0.25) is 11.8 Å². The zero-order chi connectivity index (χ0) is 15.9. The van der Waals surface area contributed by atoms with Crippen molar-refractivity contribution in [2.24, 2.45) is 5.73 Å². The van der Waals surface area contributed by atoms with Gasteiger partial charge in [-0.15, -0.1) is 11.8 Å². The number of hydrogen-bond donors (Lipinski definition) is 1. The Morgan fingerprint density at radius 3 is 2.68 bits per heavy atom. The van der Waals surface area contributed by atoms with Crippen LogP contribution in [0.25, 0.3) is 0 Å². The van der Waals surface area contributed by atoms with Gasteiger partial charge in [-0.05, 0) is 55.7 Å². The number of benzene rings is 1. The van der Waals surface area contributed by atoms with Gasteiger partial charge in [0.1, 0.15) is 6.04 Å². The standard InChI is InChI=1S/C16H21ClN2O2S/c17-12-6-8-13(9-7-12)22-11-3-5-15(20)19-10-2-1-4-14(19)16(18)21/h6-9,14H,1-5,10-11H2,(H2,18,21). The molecule has 6 heteroatoms. The second kappa shape index (κ2) is 8.44. The van der Waals surface area contributed by atoms with Crippen molar-refractivity contribution < 1.29 is 9.59 Å². The predicted octanol–water partition coefficient (Wildman–Crippen LogP) is 3.08. The van der Waals surface area contributed by atoms with Crippen LogP contribution in [0.4, 0.5) is 0 Å². The summed E-state index contributed by atoms with van der Waals surface area (Å²) in [5.41, 5.74) is 5.39. The van der Waals surface area contributed by atoms with Crippen LogP contribution in [0.5, 0.6) is 0 Å². The minimum absolute atomic E-state index is 0.0419. The molecule has 1 aromatic rings. The van der Waals surface area contributed by atoms with Crippen molar-refractivity contribution in [3.05, 3.63) is 29.3 Å². The van der Waals surface area contributed by atoms with Gasteiger partial charge in [0.05, 0.1) is 0 Å². The normalized spacial score (nSPS) is 18.2. The maximum atomic E-state index is 12.3. The summed E-state index contributed by atoms with van der Waals surface area (Å²) < 4.78 is 0. The number of halogens is 1. The van der Waals surface area contributed by atoms with Gasteiger partial charge in [0.25, 0.3) is 0 Å². The summed E-state index contributed by atoms with van der Waals surface area (Å²) in [5, 5.41) is 0.724. The highest BCUT2D eigenvalue weighted by atomic mass is 35.5. The van der Waals surface area contributed by atoms with E-state index in [1.54, 1.807) is 16.7 Å². The van der Waals surface area contributed by atoms with Crippen LogP contribution in [0, 0.1) is 0 Å². The highest BCUT2D eigenvalue weighted by Crippen LogP contribution is 2.22. The van der Waals surface area contributed by atoms with E-state index in [-0.39, 0.29) is 11.8 Å². The number of piperidine rings is 1. The molecule has 120 valence electrons. The molecule has 0 saturated carbocycles. The highest BCUT2D eigenvalue weighted by molar-refractivity contribution is 7.99. The number of thioether (sulfide) groups is 1. The fourth-order valence-electron chi connectivity index (χ4n) is 2.61. The minimum Gasteiger partial charge on any atom is -0.368 e. The van der Waals surface area contributed by atoms with E-state index in [1.807, 2.05) is 24.3 Å². The Bertz CT molecular complexity index is 521. The fraction of sp³-hybridized carbons (Fsp3) is 0.500. The van der Waals surface area contributed by atoms with Crippen LogP contribution < -0.4 is 5.73 Å². The Morgan fingerprint density at radius 1 is 1.27 bits per heavy atom. The molecule has 1 saturated heterocycles. The van der Waals surface area contributed by atoms with Gasteiger partial charge < -0.3 is 10.6 Å². The summed E-state index contributed by atoms with van der Waals surface area (Å²) in [6, 6.07) is 7.26. The van der Waals surface area contributed by atoms with Gasteiger partial charge in [-0.1, -0.05) is 11.6 Å². The lowest BCUT2D eigenvalue weighted by atomic mass is 10.0. The van der Waals surface area contributed by atoms with Crippen LogP contribution in [0.2, 0.25) is 5.02 Å². The first-order valence-corrected chi connectivity index (χ1v) is 8.91. The van der Waals surface area contributed by atoms with Gasteiger partial charge in [0.15, 0.2) is 0 Å². The van der Waals surface area contributed by atoms with Crippen LogP contribution in [-0.2, 0) is 9.59 Å². The second-order valence-corrected chi connectivity index (χ2v) is 7.01. The Balaban J connectivity index is 1.74. The zero-order valence-corrected chi connectivity index (χ0v) is 14.0. The van der Waals surface area contributed by atoms with Gasteiger partial charge in [0, 0.05) is 22.9 Å². The molecular weight excluding hydrogens is 320 g/mol. The van der Waals surface area contributed by atoms with E-state index in [0.29, 0.717) is 19.4 Å². The van der Waals surface area contributed by atoms with E-state index in [2.05, 4.69) is 0 Å². The maximum Gasteiger partial charge on any atom is 0.240 e. The average molecular weight is 341 g/mol. The SMILES string of the molecule is NC(=O)C1CCCCN1C(=O)CCCSc1ccc(Cl)cc1. The lowest BCUT2D eigenvalue weighted by Crippen LogP contribution is -2.50. The van der Waals surface area contributed by atoms with Crippen LogP contribution in [-0.4, -0.2) is 35.1 Å². The number of nitrogens with two attached hydrogens (primary N) is 1. The van der Waals surface area contributed by atoms with Gasteiger partial charge in [-0.3, -0.25) is 9.59 Å². The van der Waals surface area contributed by atoms with E-state index < -0.39 is 6.04 Å². The van der Waals surface area contributed by atoms with E-state index in [4.69, 9.17) is 17.3 Å². The largest absolute Gasteiger partial charge is 0.368 e. The molecule has 1 unspecified atom stereocenters. The first-order valence-electron chi connectivity index (χ1n) is 7.55. The number of likely N-dealkylation sites (tertiary alicyclic amines) is 1. The predicted molar refractivity (Wildman–Crippen MR) is 90.0 cm³/mol. The molecule has 1 atom stereocenters. The molecule has 1 aromatic carbocycles. The fourth-order valence-corrected chi connectivity index (χ4v) is 3.59. The zero-order valence-electron chi connectivity index (χ0n) is 12.5. The molecule has 2 amide bonds. The second-order valence-electron chi connectivity index (χ2n) is 5.41. The molecule has 0 spiro atoms. The number of carbonyl (C=O) groups excluding carboxylic acids is 2. The molecule has 1 aliphatic rings. The van der Waals surface area contributed by atoms with Crippen LogP contribution in [0.15, 0.2) is 29.2 Å². The molecule has 0 aromatic heterocycles. The first kappa shape index (κ1) is 17.2. The van der Waals surface area contributed by atoms with Crippen molar-refractivity contribution >= 4 is 35.2 Å². The lowest BCUT2D eigenvalue weighted by Gasteiger charge is -2.33. The summed E-state index contributed by atoms with van der Waals surface area (Å²) in [5.74, 6) is 0.520. The number of carbonyl (C=O) groups is 2. The Labute approximate surface area is 140 Å². The smallest absolute Gasteiger partial charge is 0.240 e. The molecule has 0 bridgehead atoms. The van der Waals surface area contributed by atoms with Crippen LogP contribution in [0.1, 0.15) is 32.1 Å². The van der Waals surface area contributed by atoms with Crippen molar-refractivity contribution in [3.8, 4) is 0 Å². The summed E-state index contributed by atoms with van der Waals surface area (Å²) in [6.45, 7) is 0.650. The van der Waals surface area contributed by atoms with Gasteiger partial charge in [-0.25, -0.2) is 0 Å². The van der Waals surface area contributed by atoms with E-state index in [0.717, 1.165) is 34.9 Å². The van der Waals surface area contributed by atoms with Gasteiger partial charge >= 0.3 is 0 Å². The average Bonchev–Trinajstić information content (AvgIpc) is 2.53. The third kappa shape index (κ3) is 4.92. The number of rotatable bonds is 6. The summed E-state index contributed by atoms with van der Waals surface area (Å²) in [6.07, 6.45) is 3.86. The molecule has 0 radical (unpaired) electrons. The highest BCUT2D eigenvalue weighted by Gasteiger charge is 2.29. The molecule has 1 fully saturated rings. The number of amides is 2. The number of nitrogens with zero attached hydrogens (tertiary/aromatic N) is 1. The first-order chi connectivity index (χ1) is 10.6. The maximum absolute atomic E-state index is 12.3. The molecule has 0 aliphatic carbocycles. The van der Waals surface area contributed by atoms with Crippen molar-refractivity contribution in [2.45, 2.75) is 43.0 Å². The molecule has 22 heavy (non-hydrogen) atoms. The quantitative estimate of drug-likeness (QED) is 0.639. The topological polar surface area (TPSA) is 63.4 Å². The van der Waals surface area contributed by atoms with Crippen LogP contribution >= 0.6 is 23.4 Å². The summed E-state index contributed by atoms with van der Waals surface area (Å²) in [7, 11) is 0. The van der Waals surface area contributed by atoms with E-state index >= 15 is 0 Å². The molecule has 2 N–H and O–H groups in total. The molecule has 1 heterocycles. The Hall–Kier alpha value is -1.20. The molecule has 1 aliphatic heterocycles. The minimum atomic E-state index is -0.412. The molecule has 4 nitrogen and oxygen atoms in total. The third-order valence-corrected chi connectivity index (χ3v) is 5.12. The van der Waals surface area contributed by atoms with Gasteiger partial charge in [-0.2, -0.15) is 0 Å². The van der Waals surface area contributed by atoms with Crippen molar-refractivity contribution in [2.75, 3.05) is 12.3 Å². The monoisotopic (exact) mass is 340 g/mol. The Morgan fingerprint density at radius 2 is 2.00 bits per heavy atom. The van der Waals surface area contributed by atoms with Crippen molar-refractivity contribution in [3.63, 3.8) is 0 Å². The number of hydrogen-bond acceptors (Lipinski definition) is 3. The Kier molecular flexibility index (Phi) is 6.58. The summed E-state index contributed by atoms with van der Waals surface area (Å²) >= 11 is 7.55.